The lowest BCUT2D eigenvalue weighted by atomic mass is 10.1. The number of nitrogens with zero attached hydrogens (tertiary/aromatic N) is 1. The summed E-state index contributed by atoms with van der Waals surface area (Å²) < 4.78 is 0. The fourth-order valence-corrected chi connectivity index (χ4v) is 1.69. The smallest absolute Gasteiger partial charge is 0.0366 e. The molecule has 0 unspecified atom stereocenters. The van der Waals surface area contributed by atoms with Crippen LogP contribution in [0.3, 0.4) is 0 Å². The van der Waals surface area contributed by atoms with E-state index in [1.807, 2.05) is 0 Å². The molecule has 0 aliphatic rings. The number of anilines is 1. The Morgan fingerprint density at radius 1 is 1.07 bits per heavy atom. The Hall–Kier alpha value is -0.980. The lowest BCUT2D eigenvalue weighted by Crippen LogP contribution is -2.18. The fraction of sp³-hybridized carbons (Fsp3) is 0.571. The summed E-state index contributed by atoms with van der Waals surface area (Å²) in [6.45, 7) is 7.75. The molecular weight excluding hydrogens is 182 g/mol. The Morgan fingerprint density at radius 2 is 1.80 bits per heavy atom. The minimum Gasteiger partial charge on any atom is -0.375 e. The van der Waals surface area contributed by atoms with Crippen molar-refractivity contribution >= 4 is 5.69 Å². The van der Waals surface area contributed by atoms with E-state index < -0.39 is 0 Å². The highest BCUT2D eigenvalue weighted by molar-refractivity contribution is 5.49. The van der Waals surface area contributed by atoms with Gasteiger partial charge in [-0.05, 0) is 43.5 Å². The van der Waals surface area contributed by atoms with E-state index in [-0.39, 0.29) is 0 Å². The zero-order valence-corrected chi connectivity index (χ0v) is 10.5. The quantitative estimate of drug-likeness (QED) is 0.658. The molecule has 0 saturated heterocycles. The van der Waals surface area contributed by atoms with Gasteiger partial charge in [0.15, 0.2) is 0 Å². The Bertz CT molecular complexity index is 304. The molecule has 15 heavy (non-hydrogen) atoms. The maximum Gasteiger partial charge on any atom is 0.0366 e. The van der Waals surface area contributed by atoms with Gasteiger partial charge in [0.05, 0.1) is 0 Å². The van der Waals surface area contributed by atoms with Crippen molar-refractivity contribution in [1.82, 2.24) is 0 Å². The maximum absolute atomic E-state index is 2.35. The van der Waals surface area contributed by atoms with Crippen LogP contribution in [0.5, 0.6) is 0 Å². The predicted molar refractivity (Wildman–Crippen MR) is 68.7 cm³/mol. The molecule has 1 heteroatoms. The van der Waals surface area contributed by atoms with Gasteiger partial charge in [-0.1, -0.05) is 25.8 Å². The molecule has 1 rings (SSSR count). The molecule has 0 aliphatic carbocycles. The zero-order valence-electron chi connectivity index (χ0n) is 10.5. The zero-order chi connectivity index (χ0) is 11.3. The van der Waals surface area contributed by atoms with Gasteiger partial charge in [0, 0.05) is 19.3 Å². The van der Waals surface area contributed by atoms with E-state index in [9.17, 15) is 0 Å². The normalized spacial score (nSPS) is 10.4. The lowest BCUT2D eigenvalue weighted by molar-refractivity contribution is 0.705. The second kappa shape index (κ2) is 5.79. The molecule has 0 spiro atoms. The van der Waals surface area contributed by atoms with E-state index in [1.54, 1.807) is 0 Å². The first kappa shape index (κ1) is 12.1. The number of hydrogen-bond acceptors (Lipinski definition) is 1. The average molecular weight is 205 g/mol. The van der Waals surface area contributed by atoms with Gasteiger partial charge in [-0.25, -0.2) is 0 Å². The van der Waals surface area contributed by atoms with Crippen LogP contribution >= 0.6 is 0 Å². The van der Waals surface area contributed by atoms with E-state index in [2.05, 4.69) is 50.9 Å². The van der Waals surface area contributed by atoms with Crippen molar-refractivity contribution in [3.05, 3.63) is 29.3 Å². The third-order valence-corrected chi connectivity index (χ3v) is 3.03. The molecule has 0 atom stereocenters. The number of aryl methyl sites for hydroxylation is 2. The molecule has 0 bridgehead atoms. The third-order valence-electron chi connectivity index (χ3n) is 3.03. The lowest BCUT2D eigenvalue weighted by Gasteiger charge is -2.20. The molecule has 1 aromatic carbocycles. The second-order valence-electron chi connectivity index (χ2n) is 4.40. The minimum atomic E-state index is 1.16. The highest BCUT2D eigenvalue weighted by Gasteiger charge is 2.01. The Balaban J connectivity index is 2.57. The van der Waals surface area contributed by atoms with Crippen LogP contribution in [-0.2, 0) is 0 Å². The summed E-state index contributed by atoms with van der Waals surface area (Å²) in [5, 5.41) is 0. The van der Waals surface area contributed by atoms with Crippen LogP contribution < -0.4 is 4.90 Å². The second-order valence-corrected chi connectivity index (χ2v) is 4.40. The molecule has 0 amide bonds. The highest BCUT2D eigenvalue weighted by atomic mass is 15.1. The summed E-state index contributed by atoms with van der Waals surface area (Å²) >= 11 is 0. The minimum absolute atomic E-state index is 1.16. The van der Waals surface area contributed by atoms with Crippen molar-refractivity contribution in [2.75, 3.05) is 18.5 Å². The summed E-state index contributed by atoms with van der Waals surface area (Å²) in [7, 11) is 2.18. The van der Waals surface area contributed by atoms with Crippen LogP contribution in [-0.4, -0.2) is 13.6 Å². The molecule has 1 nitrogen and oxygen atoms in total. The van der Waals surface area contributed by atoms with E-state index >= 15 is 0 Å². The Kier molecular flexibility index (Phi) is 4.67. The first-order valence-electron chi connectivity index (χ1n) is 5.93. The molecule has 0 saturated carbocycles. The molecule has 0 heterocycles. The standard InChI is InChI=1S/C14H23N/c1-5-6-7-10-15(4)14-9-8-12(2)13(3)11-14/h8-9,11H,5-7,10H2,1-4H3. The van der Waals surface area contributed by atoms with Gasteiger partial charge in [-0.3, -0.25) is 0 Å². The monoisotopic (exact) mass is 205 g/mol. The first-order chi connectivity index (χ1) is 7.15. The largest absolute Gasteiger partial charge is 0.375 e. The molecule has 0 radical (unpaired) electrons. The molecule has 1 aromatic rings. The molecule has 0 aliphatic heterocycles. The van der Waals surface area contributed by atoms with Crippen LogP contribution in [0.4, 0.5) is 5.69 Å². The van der Waals surface area contributed by atoms with E-state index in [1.165, 1.54) is 36.1 Å². The van der Waals surface area contributed by atoms with Gasteiger partial charge in [0.1, 0.15) is 0 Å². The van der Waals surface area contributed by atoms with Crippen molar-refractivity contribution in [2.24, 2.45) is 0 Å². The van der Waals surface area contributed by atoms with E-state index in [0.717, 1.165) is 6.54 Å². The Labute approximate surface area is 94.1 Å². The van der Waals surface area contributed by atoms with Gasteiger partial charge in [-0.2, -0.15) is 0 Å². The van der Waals surface area contributed by atoms with Crippen LogP contribution in [0.1, 0.15) is 37.3 Å². The van der Waals surface area contributed by atoms with Gasteiger partial charge < -0.3 is 4.90 Å². The van der Waals surface area contributed by atoms with Crippen LogP contribution in [0, 0.1) is 13.8 Å². The van der Waals surface area contributed by atoms with Crippen molar-refractivity contribution in [3.8, 4) is 0 Å². The van der Waals surface area contributed by atoms with Crippen LogP contribution in [0.15, 0.2) is 18.2 Å². The van der Waals surface area contributed by atoms with Gasteiger partial charge in [0.2, 0.25) is 0 Å². The molecule has 0 aromatic heterocycles. The van der Waals surface area contributed by atoms with Crippen LogP contribution in [0.2, 0.25) is 0 Å². The summed E-state index contributed by atoms with van der Waals surface area (Å²) in [6.07, 6.45) is 3.91. The van der Waals surface area contributed by atoms with Gasteiger partial charge >= 0.3 is 0 Å². The molecule has 0 fully saturated rings. The number of benzene rings is 1. The van der Waals surface area contributed by atoms with Crippen LogP contribution in [0.25, 0.3) is 0 Å². The number of rotatable bonds is 5. The van der Waals surface area contributed by atoms with Gasteiger partial charge in [-0.15, -0.1) is 0 Å². The topological polar surface area (TPSA) is 3.24 Å². The number of unbranched alkanes of at least 4 members (excludes halogenated alkanes) is 2. The summed E-state index contributed by atoms with van der Waals surface area (Å²) in [6, 6.07) is 6.70. The average Bonchev–Trinajstić information content (AvgIpc) is 2.22. The summed E-state index contributed by atoms with van der Waals surface area (Å²) in [5.74, 6) is 0. The van der Waals surface area contributed by atoms with Crippen molar-refractivity contribution in [1.29, 1.82) is 0 Å². The Morgan fingerprint density at radius 3 is 2.40 bits per heavy atom. The van der Waals surface area contributed by atoms with Crippen molar-refractivity contribution in [3.63, 3.8) is 0 Å². The maximum atomic E-state index is 2.35. The van der Waals surface area contributed by atoms with Gasteiger partial charge in [0.25, 0.3) is 0 Å². The molecule has 0 N–H and O–H groups in total. The summed E-state index contributed by atoms with van der Waals surface area (Å²) in [4.78, 5) is 2.35. The summed E-state index contributed by atoms with van der Waals surface area (Å²) in [5.41, 5.74) is 4.10. The third kappa shape index (κ3) is 3.58. The molecular formula is C14H23N. The van der Waals surface area contributed by atoms with E-state index in [4.69, 9.17) is 0 Å². The first-order valence-corrected chi connectivity index (χ1v) is 5.93. The predicted octanol–water partition coefficient (Wildman–Crippen LogP) is 3.93. The number of hydrogen-bond donors (Lipinski definition) is 0. The highest BCUT2D eigenvalue weighted by Crippen LogP contribution is 2.17. The van der Waals surface area contributed by atoms with Crippen molar-refractivity contribution < 1.29 is 0 Å². The fourth-order valence-electron chi connectivity index (χ4n) is 1.69. The molecule has 84 valence electrons. The van der Waals surface area contributed by atoms with Crippen molar-refractivity contribution in [2.45, 2.75) is 40.0 Å². The van der Waals surface area contributed by atoms with E-state index in [0.29, 0.717) is 0 Å². The SMILES string of the molecule is CCCCCN(C)c1ccc(C)c(C)c1.